The molecule has 0 spiro atoms. The molecule has 6 nitrogen and oxygen atoms in total. The van der Waals surface area contributed by atoms with Crippen LogP contribution in [0.25, 0.3) is 0 Å². The predicted molar refractivity (Wildman–Crippen MR) is 119 cm³/mol. The van der Waals surface area contributed by atoms with Gasteiger partial charge in [0.25, 0.3) is 0 Å². The molecule has 1 saturated heterocycles. The standard InChI is InChI=1S/C23H39N3O3/c1-6-28-21(17(2)3)9-11-25-23(24-5)26-14-20-8-7-18(4)13-22(20)29-16-19-10-12-27-15-19/h7-8,13,17,19,21H,6,9-12,14-16H2,1-5H3,(H2,24,25,26). The van der Waals surface area contributed by atoms with Crippen LogP contribution in [-0.2, 0) is 16.0 Å². The highest BCUT2D eigenvalue weighted by molar-refractivity contribution is 5.79. The Morgan fingerprint density at radius 3 is 2.79 bits per heavy atom. The molecular formula is C23H39N3O3. The highest BCUT2D eigenvalue weighted by Crippen LogP contribution is 2.22. The number of aliphatic imine (C=N–C) groups is 1. The van der Waals surface area contributed by atoms with Crippen molar-refractivity contribution in [2.45, 2.75) is 53.2 Å². The third-order valence-corrected chi connectivity index (χ3v) is 5.24. The summed E-state index contributed by atoms with van der Waals surface area (Å²) in [6.45, 7) is 13.1. The second-order valence-electron chi connectivity index (χ2n) is 8.03. The molecule has 1 aliphatic rings. The molecule has 2 N–H and O–H groups in total. The molecule has 1 aromatic rings. The van der Waals surface area contributed by atoms with Crippen LogP contribution in [0.4, 0.5) is 0 Å². The van der Waals surface area contributed by atoms with E-state index in [9.17, 15) is 0 Å². The van der Waals surface area contributed by atoms with E-state index in [0.29, 0.717) is 25.0 Å². The minimum Gasteiger partial charge on any atom is -0.493 e. The van der Waals surface area contributed by atoms with Crippen molar-refractivity contribution in [1.29, 1.82) is 0 Å². The summed E-state index contributed by atoms with van der Waals surface area (Å²) in [5.74, 6) is 2.73. The summed E-state index contributed by atoms with van der Waals surface area (Å²) in [7, 11) is 1.80. The van der Waals surface area contributed by atoms with Gasteiger partial charge in [-0.25, -0.2) is 0 Å². The molecule has 1 heterocycles. The highest BCUT2D eigenvalue weighted by atomic mass is 16.5. The summed E-state index contributed by atoms with van der Waals surface area (Å²) in [4.78, 5) is 4.34. The van der Waals surface area contributed by atoms with E-state index in [1.807, 2.05) is 6.92 Å². The van der Waals surface area contributed by atoms with E-state index in [1.165, 1.54) is 5.56 Å². The SMILES string of the molecule is CCOC(CCNC(=NC)NCc1ccc(C)cc1OCC1CCOC1)C(C)C. The molecule has 0 amide bonds. The number of benzene rings is 1. The van der Waals surface area contributed by atoms with Crippen molar-refractivity contribution in [3.05, 3.63) is 29.3 Å². The van der Waals surface area contributed by atoms with Gasteiger partial charge in [0.05, 0.1) is 19.3 Å². The Morgan fingerprint density at radius 2 is 2.14 bits per heavy atom. The van der Waals surface area contributed by atoms with Crippen molar-refractivity contribution in [2.75, 3.05) is 40.0 Å². The molecule has 0 aliphatic carbocycles. The fourth-order valence-corrected chi connectivity index (χ4v) is 3.42. The van der Waals surface area contributed by atoms with Gasteiger partial charge in [-0.3, -0.25) is 4.99 Å². The third kappa shape index (κ3) is 8.23. The maximum Gasteiger partial charge on any atom is 0.191 e. The molecule has 1 aliphatic heterocycles. The third-order valence-electron chi connectivity index (χ3n) is 5.24. The average molecular weight is 406 g/mol. The van der Waals surface area contributed by atoms with E-state index in [2.05, 4.69) is 54.6 Å². The molecule has 6 heteroatoms. The minimum absolute atomic E-state index is 0.266. The topological polar surface area (TPSA) is 64.1 Å². The number of aryl methyl sites for hydroxylation is 1. The van der Waals surface area contributed by atoms with Gasteiger partial charge in [0.2, 0.25) is 0 Å². The quantitative estimate of drug-likeness (QED) is 0.436. The number of hydrogen-bond acceptors (Lipinski definition) is 4. The first kappa shape index (κ1) is 23.5. The molecule has 0 aromatic heterocycles. The van der Waals surface area contributed by atoms with Gasteiger partial charge in [-0.15, -0.1) is 0 Å². The molecule has 164 valence electrons. The molecule has 2 atom stereocenters. The van der Waals surface area contributed by atoms with Crippen molar-refractivity contribution in [3.63, 3.8) is 0 Å². The van der Waals surface area contributed by atoms with Crippen LogP contribution in [0.2, 0.25) is 0 Å². The van der Waals surface area contributed by atoms with Crippen LogP contribution < -0.4 is 15.4 Å². The molecule has 1 aromatic carbocycles. The second kappa shape index (κ2) is 12.7. The van der Waals surface area contributed by atoms with Crippen LogP contribution >= 0.6 is 0 Å². The fraction of sp³-hybridized carbons (Fsp3) is 0.696. The smallest absolute Gasteiger partial charge is 0.191 e. The van der Waals surface area contributed by atoms with E-state index in [1.54, 1.807) is 7.05 Å². The number of nitrogens with zero attached hydrogens (tertiary/aromatic N) is 1. The highest BCUT2D eigenvalue weighted by Gasteiger charge is 2.17. The summed E-state index contributed by atoms with van der Waals surface area (Å²) in [6.07, 6.45) is 2.30. The Bertz CT molecular complexity index is 628. The summed E-state index contributed by atoms with van der Waals surface area (Å²) >= 11 is 0. The fourth-order valence-electron chi connectivity index (χ4n) is 3.42. The first-order valence-corrected chi connectivity index (χ1v) is 10.9. The Labute approximate surface area is 176 Å². The molecule has 0 saturated carbocycles. The van der Waals surface area contributed by atoms with Crippen LogP contribution in [0.5, 0.6) is 5.75 Å². The molecular weight excluding hydrogens is 366 g/mol. The van der Waals surface area contributed by atoms with Crippen molar-refractivity contribution in [3.8, 4) is 5.75 Å². The van der Waals surface area contributed by atoms with Crippen LogP contribution in [-0.4, -0.2) is 52.1 Å². The first-order valence-electron chi connectivity index (χ1n) is 10.9. The number of nitrogens with one attached hydrogen (secondary N) is 2. The van der Waals surface area contributed by atoms with Crippen molar-refractivity contribution in [1.82, 2.24) is 10.6 Å². The summed E-state index contributed by atoms with van der Waals surface area (Å²) in [5.41, 5.74) is 2.33. The second-order valence-corrected chi connectivity index (χ2v) is 8.03. The zero-order valence-corrected chi connectivity index (χ0v) is 18.8. The first-order chi connectivity index (χ1) is 14.0. The molecule has 29 heavy (non-hydrogen) atoms. The monoisotopic (exact) mass is 405 g/mol. The van der Waals surface area contributed by atoms with Gasteiger partial charge in [-0.05, 0) is 44.2 Å². The lowest BCUT2D eigenvalue weighted by molar-refractivity contribution is 0.0258. The molecule has 1 fully saturated rings. The van der Waals surface area contributed by atoms with Crippen molar-refractivity contribution < 1.29 is 14.2 Å². The van der Waals surface area contributed by atoms with Gasteiger partial charge in [-0.2, -0.15) is 0 Å². The van der Waals surface area contributed by atoms with E-state index >= 15 is 0 Å². The summed E-state index contributed by atoms with van der Waals surface area (Å²) in [5, 5.41) is 6.79. The van der Waals surface area contributed by atoms with Crippen molar-refractivity contribution >= 4 is 5.96 Å². The summed E-state index contributed by atoms with van der Waals surface area (Å²) in [6, 6.07) is 6.35. The van der Waals surface area contributed by atoms with Crippen LogP contribution in [0, 0.1) is 18.8 Å². The zero-order chi connectivity index (χ0) is 21.1. The van der Waals surface area contributed by atoms with Gasteiger partial charge in [0.15, 0.2) is 5.96 Å². The van der Waals surface area contributed by atoms with Gasteiger partial charge in [0.1, 0.15) is 5.75 Å². The van der Waals surface area contributed by atoms with Crippen LogP contribution in [0.15, 0.2) is 23.2 Å². The zero-order valence-electron chi connectivity index (χ0n) is 18.8. The number of guanidine groups is 1. The minimum atomic E-state index is 0.266. The maximum absolute atomic E-state index is 6.14. The van der Waals surface area contributed by atoms with Gasteiger partial charge >= 0.3 is 0 Å². The largest absolute Gasteiger partial charge is 0.493 e. The Morgan fingerprint density at radius 1 is 1.31 bits per heavy atom. The number of ether oxygens (including phenoxy) is 3. The van der Waals surface area contributed by atoms with Crippen molar-refractivity contribution in [2.24, 2.45) is 16.8 Å². The lowest BCUT2D eigenvalue weighted by Gasteiger charge is -2.21. The van der Waals surface area contributed by atoms with Gasteiger partial charge in [-0.1, -0.05) is 26.0 Å². The Kier molecular flexibility index (Phi) is 10.3. The normalized spacial score (nSPS) is 18.1. The number of hydrogen-bond donors (Lipinski definition) is 2. The molecule has 2 unspecified atom stereocenters. The number of rotatable bonds is 11. The molecule has 0 radical (unpaired) electrons. The maximum atomic E-state index is 6.14. The van der Waals surface area contributed by atoms with Crippen LogP contribution in [0.3, 0.4) is 0 Å². The van der Waals surface area contributed by atoms with Gasteiger partial charge < -0.3 is 24.8 Å². The van der Waals surface area contributed by atoms with E-state index < -0.39 is 0 Å². The molecule has 2 rings (SSSR count). The predicted octanol–water partition coefficient (Wildman–Crippen LogP) is 3.53. The van der Waals surface area contributed by atoms with Gasteiger partial charge in [0, 0.05) is 44.8 Å². The molecule has 0 bridgehead atoms. The van der Waals surface area contributed by atoms with E-state index in [-0.39, 0.29) is 6.10 Å². The lowest BCUT2D eigenvalue weighted by atomic mass is 10.0. The van der Waals surface area contributed by atoms with E-state index in [0.717, 1.165) is 56.5 Å². The summed E-state index contributed by atoms with van der Waals surface area (Å²) < 4.78 is 17.4. The lowest BCUT2D eigenvalue weighted by Crippen LogP contribution is -2.39. The Hall–Kier alpha value is -1.79. The average Bonchev–Trinajstić information content (AvgIpc) is 3.22. The van der Waals surface area contributed by atoms with Crippen LogP contribution in [0.1, 0.15) is 44.7 Å². The Balaban J connectivity index is 1.84. The van der Waals surface area contributed by atoms with E-state index in [4.69, 9.17) is 14.2 Å².